The fourth-order valence-corrected chi connectivity index (χ4v) is 2.52. The van der Waals surface area contributed by atoms with E-state index in [0.29, 0.717) is 6.07 Å². The number of hydrogen-bond acceptors (Lipinski definition) is 6. The van der Waals surface area contributed by atoms with Gasteiger partial charge in [-0.3, -0.25) is 14.9 Å². The lowest BCUT2D eigenvalue weighted by atomic mass is 10.2. The Morgan fingerprint density at radius 1 is 1.21 bits per heavy atom. The van der Waals surface area contributed by atoms with Crippen molar-refractivity contribution in [1.82, 2.24) is 9.91 Å². The van der Waals surface area contributed by atoms with E-state index in [2.05, 4.69) is 0 Å². The standard InChI is InChI=1S/C19H16ClF4N5O5/c1-27(2)17(30)9-16(19(22,23)24)28(25)18(31)26-12-8-15(10(20)7-11(12)21)34-14-6-4-3-5-13(14)29(32)33/h3-9H,25H2,1-2H3,(H,26,31)/b16-9+. The Morgan fingerprint density at radius 3 is 2.38 bits per heavy atom. The third-order valence-corrected chi connectivity index (χ3v) is 4.31. The highest BCUT2D eigenvalue weighted by atomic mass is 35.5. The molecule has 0 aliphatic carbocycles. The van der Waals surface area contributed by atoms with Crippen LogP contribution in [0.15, 0.2) is 48.2 Å². The minimum absolute atomic E-state index is 0.0842. The summed E-state index contributed by atoms with van der Waals surface area (Å²) < 4.78 is 59.7. The second-order valence-electron chi connectivity index (χ2n) is 6.65. The van der Waals surface area contributed by atoms with Crippen LogP contribution < -0.4 is 15.9 Å². The zero-order chi connectivity index (χ0) is 25.8. The van der Waals surface area contributed by atoms with Crippen molar-refractivity contribution in [3.63, 3.8) is 0 Å². The number of nitro benzene ring substituents is 1. The maximum Gasteiger partial charge on any atom is 0.433 e. The van der Waals surface area contributed by atoms with Gasteiger partial charge in [-0.25, -0.2) is 20.0 Å². The number of benzene rings is 2. The predicted molar refractivity (Wildman–Crippen MR) is 112 cm³/mol. The van der Waals surface area contributed by atoms with Crippen LogP contribution in [0.25, 0.3) is 0 Å². The highest BCUT2D eigenvalue weighted by Gasteiger charge is 2.40. The predicted octanol–water partition coefficient (Wildman–Crippen LogP) is 4.42. The number of halogens is 5. The van der Waals surface area contributed by atoms with E-state index in [9.17, 15) is 37.3 Å². The fraction of sp³-hybridized carbons (Fsp3) is 0.158. The molecule has 0 aliphatic rings. The van der Waals surface area contributed by atoms with Gasteiger partial charge in [0, 0.05) is 32.3 Å². The summed E-state index contributed by atoms with van der Waals surface area (Å²) in [6.45, 7) is 0. The molecule has 182 valence electrons. The highest BCUT2D eigenvalue weighted by molar-refractivity contribution is 6.32. The first-order chi connectivity index (χ1) is 15.7. The summed E-state index contributed by atoms with van der Waals surface area (Å²) in [6.07, 6.45) is -5.13. The molecule has 2 aromatic rings. The molecule has 3 amide bonds. The van der Waals surface area contributed by atoms with Crippen molar-refractivity contribution in [3.05, 3.63) is 69.1 Å². The molecule has 0 aliphatic heterocycles. The lowest BCUT2D eigenvalue weighted by molar-refractivity contribution is -0.385. The average Bonchev–Trinajstić information content (AvgIpc) is 2.73. The average molecular weight is 506 g/mol. The van der Waals surface area contributed by atoms with E-state index in [1.165, 1.54) is 32.3 Å². The van der Waals surface area contributed by atoms with E-state index in [1.54, 1.807) is 5.32 Å². The van der Waals surface area contributed by atoms with Gasteiger partial charge in [0.2, 0.25) is 11.7 Å². The first-order valence-electron chi connectivity index (χ1n) is 8.98. The summed E-state index contributed by atoms with van der Waals surface area (Å²) >= 11 is 5.90. The molecular formula is C19H16ClF4N5O5. The van der Waals surface area contributed by atoms with Crippen LogP contribution in [0.2, 0.25) is 5.02 Å². The smallest absolute Gasteiger partial charge is 0.433 e. The van der Waals surface area contributed by atoms with Gasteiger partial charge in [0.25, 0.3) is 0 Å². The Balaban J connectivity index is 2.37. The number of urea groups is 1. The Bertz CT molecular complexity index is 1160. The number of nitrogens with zero attached hydrogens (tertiary/aromatic N) is 3. The number of likely N-dealkylation sites (N-methyl/N-ethyl adjacent to an activating group) is 1. The normalized spacial score (nSPS) is 11.6. The zero-order valence-corrected chi connectivity index (χ0v) is 18.1. The van der Waals surface area contributed by atoms with Gasteiger partial charge in [-0.15, -0.1) is 0 Å². The molecule has 0 aromatic heterocycles. The first-order valence-corrected chi connectivity index (χ1v) is 9.36. The van der Waals surface area contributed by atoms with Gasteiger partial charge in [0.05, 0.1) is 15.6 Å². The summed E-state index contributed by atoms with van der Waals surface area (Å²) in [6, 6.07) is 4.93. The second kappa shape index (κ2) is 10.4. The highest BCUT2D eigenvalue weighted by Crippen LogP contribution is 2.37. The SMILES string of the molecule is CN(C)C(=O)/C=C(/N(N)C(=O)Nc1cc(Oc2ccccc2[N+](=O)[O-])c(Cl)cc1F)C(F)(F)F. The van der Waals surface area contributed by atoms with Gasteiger partial charge in [0.1, 0.15) is 17.3 Å². The van der Waals surface area contributed by atoms with Crippen molar-refractivity contribution in [2.24, 2.45) is 5.84 Å². The Hall–Kier alpha value is -3.91. The number of nitro groups is 1. The first kappa shape index (κ1) is 26.3. The van der Waals surface area contributed by atoms with Crippen molar-refractivity contribution in [1.29, 1.82) is 0 Å². The minimum Gasteiger partial charge on any atom is -0.448 e. The van der Waals surface area contributed by atoms with Gasteiger partial charge in [-0.05, 0) is 12.1 Å². The van der Waals surface area contributed by atoms with Crippen molar-refractivity contribution >= 4 is 34.9 Å². The lowest BCUT2D eigenvalue weighted by Crippen LogP contribution is -2.45. The maximum absolute atomic E-state index is 14.3. The van der Waals surface area contributed by atoms with Crippen LogP contribution in [-0.2, 0) is 4.79 Å². The van der Waals surface area contributed by atoms with Gasteiger partial charge >= 0.3 is 17.9 Å². The van der Waals surface area contributed by atoms with E-state index in [4.69, 9.17) is 22.2 Å². The molecule has 2 aromatic carbocycles. The third kappa shape index (κ3) is 6.32. The molecule has 0 spiro atoms. The molecule has 0 unspecified atom stereocenters. The van der Waals surface area contributed by atoms with E-state index in [-0.39, 0.29) is 22.6 Å². The van der Waals surface area contributed by atoms with Gasteiger partial charge in [-0.1, -0.05) is 23.7 Å². The van der Waals surface area contributed by atoms with E-state index in [1.807, 2.05) is 0 Å². The topological polar surface area (TPSA) is 131 Å². The van der Waals surface area contributed by atoms with Crippen LogP contribution in [0.5, 0.6) is 11.5 Å². The van der Waals surface area contributed by atoms with Crippen LogP contribution in [0.3, 0.4) is 0 Å². The number of carbonyl (C=O) groups excluding carboxylic acids is 2. The van der Waals surface area contributed by atoms with E-state index in [0.717, 1.165) is 17.0 Å². The number of alkyl halides is 3. The van der Waals surface area contributed by atoms with Crippen LogP contribution >= 0.6 is 11.6 Å². The molecule has 0 atom stereocenters. The molecule has 2 rings (SSSR count). The van der Waals surface area contributed by atoms with Crippen LogP contribution in [-0.4, -0.2) is 47.0 Å². The summed E-state index contributed by atoms with van der Waals surface area (Å²) in [5, 5.41) is 12.2. The monoisotopic (exact) mass is 505 g/mol. The third-order valence-electron chi connectivity index (χ3n) is 4.01. The molecule has 0 saturated carbocycles. The molecule has 3 N–H and O–H groups in total. The van der Waals surface area contributed by atoms with E-state index < -0.39 is 50.9 Å². The number of nitrogens with one attached hydrogen (secondary N) is 1. The number of carbonyl (C=O) groups is 2. The van der Waals surface area contributed by atoms with Crippen molar-refractivity contribution in [3.8, 4) is 11.5 Å². The number of anilines is 1. The van der Waals surface area contributed by atoms with E-state index >= 15 is 0 Å². The molecule has 0 bridgehead atoms. The van der Waals surface area contributed by atoms with Crippen LogP contribution in [0.1, 0.15) is 0 Å². The van der Waals surface area contributed by atoms with Crippen molar-refractivity contribution in [2.75, 3.05) is 19.4 Å². The number of para-hydroxylation sites is 2. The molecule has 0 radical (unpaired) electrons. The quantitative estimate of drug-likeness (QED) is 0.149. The summed E-state index contributed by atoms with van der Waals surface area (Å²) in [7, 11) is 2.35. The number of hydrogen-bond donors (Lipinski definition) is 2. The summed E-state index contributed by atoms with van der Waals surface area (Å²) in [5.74, 6) is 2.32. The Morgan fingerprint density at radius 2 is 1.82 bits per heavy atom. The molecular weight excluding hydrogens is 490 g/mol. The molecule has 0 heterocycles. The van der Waals surface area contributed by atoms with Crippen molar-refractivity contribution < 1.29 is 36.8 Å². The number of hydrazine groups is 1. The molecule has 34 heavy (non-hydrogen) atoms. The number of ether oxygens (including phenoxy) is 1. The number of allylic oxidation sites excluding steroid dienone is 1. The second-order valence-corrected chi connectivity index (χ2v) is 7.06. The van der Waals surface area contributed by atoms with Gasteiger partial charge in [0.15, 0.2) is 0 Å². The van der Waals surface area contributed by atoms with Gasteiger partial charge < -0.3 is 15.0 Å². The zero-order valence-electron chi connectivity index (χ0n) is 17.4. The lowest BCUT2D eigenvalue weighted by Gasteiger charge is -2.23. The molecule has 0 saturated heterocycles. The van der Waals surface area contributed by atoms with Crippen molar-refractivity contribution in [2.45, 2.75) is 6.18 Å². The molecule has 0 fully saturated rings. The minimum atomic E-state index is -5.21. The fourth-order valence-electron chi connectivity index (χ4n) is 2.33. The number of nitrogens with two attached hydrogens (primary N) is 1. The number of amides is 3. The van der Waals surface area contributed by atoms with Crippen LogP contribution in [0, 0.1) is 15.9 Å². The Kier molecular flexibility index (Phi) is 8.02. The van der Waals surface area contributed by atoms with Crippen LogP contribution in [0.4, 0.5) is 33.7 Å². The molecule has 10 nitrogen and oxygen atoms in total. The number of rotatable bonds is 6. The molecule has 15 heteroatoms. The van der Waals surface area contributed by atoms with Gasteiger partial charge in [-0.2, -0.15) is 13.2 Å². The Labute approximate surface area is 194 Å². The summed E-state index contributed by atoms with van der Waals surface area (Å²) in [5.41, 5.74) is -2.99. The maximum atomic E-state index is 14.3. The largest absolute Gasteiger partial charge is 0.448 e. The summed E-state index contributed by atoms with van der Waals surface area (Å²) in [4.78, 5) is 35.2.